The molecule has 0 aliphatic carbocycles. The molecule has 1 fully saturated rings. The van der Waals surface area contributed by atoms with Gasteiger partial charge in [-0.2, -0.15) is 0 Å². The Hall–Kier alpha value is -2.82. The number of fused-ring (bicyclic) bond motifs is 1. The highest BCUT2D eigenvalue weighted by atomic mass is 127. The van der Waals surface area contributed by atoms with Crippen molar-refractivity contribution in [2.75, 3.05) is 43.4 Å². The van der Waals surface area contributed by atoms with Crippen LogP contribution in [0.4, 0.5) is 11.4 Å². The van der Waals surface area contributed by atoms with E-state index in [1.54, 1.807) is 7.05 Å². The maximum Gasteiger partial charge on any atom is 0.239 e. The average molecular weight is 548 g/mol. The van der Waals surface area contributed by atoms with Crippen molar-refractivity contribution in [2.24, 2.45) is 4.99 Å². The molecule has 1 unspecified atom stereocenters. The van der Waals surface area contributed by atoms with Gasteiger partial charge < -0.3 is 26.2 Å². The molecule has 4 N–H and O–H groups in total. The molecular formula is C23H29IN6O2. The molecule has 2 amide bonds. The zero-order chi connectivity index (χ0) is 21.6. The molecule has 4 rings (SSSR count). The molecule has 2 heterocycles. The summed E-state index contributed by atoms with van der Waals surface area (Å²) < 4.78 is 0. The fourth-order valence-electron chi connectivity index (χ4n) is 3.99. The van der Waals surface area contributed by atoms with Gasteiger partial charge in [0.05, 0.1) is 6.54 Å². The van der Waals surface area contributed by atoms with Gasteiger partial charge in [0.2, 0.25) is 11.8 Å². The van der Waals surface area contributed by atoms with Crippen molar-refractivity contribution in [3.05, 3.63) is 59.7 Å². The Balaban J connectivity index is 0.00000289. The van der Waals surface area contributed by atoms with Crippen LogP contribution in [0.1, 0.15) is 23.5 Å². The zero-order valence-corrected chi connectivity index (χ0v) is 20.4. The lowest BCUT2D eigenvalue weighted by Crippen LogP contribution is -2.47. The lowest BCUT2D eigenvalue weighted by atomic mass is 9.90. The van der Waals surface area contributed by atoms with E-state index >= 15 is 0 Å². The summed E-state index contributed by atoms with van der Waals surface area (Å²) in [6, 6.07) is 16.1. The van der Waals surface area contributed by atoms with Gasteiger partial charge in [-0.15, -0.1) is 24.0 Å². The molecule has 32 heavy (non-hydrogen) atoms. The first-order chi connectivity index (χ1) is 15.1. The number of carbonyl (C=O) groups is 2. The third kappa shape index (κ3) is 5.90. The Labute approximate surface area is 205 Å². The highest BCUT2D eigenvalue weighted by Crippen LogP contribution is 2.31. The summed E-state index contributed by atoms with van der Waals surface area (Å²) >= 11 is 0. The van der Waals surface area contributed by atoms with E-state index < -0.39 is 0 Å². The topological polar surface area (TPSA) is 97.9 Å². The Morgan fingerprint density at radius 1 is 1.09 bits per heavy atom. The van der Waals surface area contributed by atoms with Crippen molar-refractivity contribution in [3.8, 4) is 0 Å². The van der Waals surface area contributed by atoms with Crippen LogP contribution in [0, 0.1) is 0 Å². The predicted molar refractivity (Wildman–Crippen MR) is 138 cm³/mol. The van der Waals surface area contributed by atoms with Gasteiger partial charge >= 0.3 is 0 Å². The number of hydrogen-bond donors (Lipinski definition) is 4. The Bertz CT molecular complexity index is 979. The molecule has 2 aliphatic rings. The van der Waals surface area contributed by atoms with Crippen LogP contribution >= 0.6 is 24.0 Å². The first-order valence-corrected chi connectivity index (χ1v) is 10.6. The number of nitrogens with one attached hydrogen (secondary N) is 4. The van der Waals surface area contributed by atoms with Crippen LogP contribution in [0.25, 0.3) is 0 Å². The maximum atomic E-state index is 12.0. The third-order valence-corrected chi connectivity index (χ3v) is 5.65. The fraction of sp³-hybridized carbons (Fsp3) is 0.348. The van der Waals surface area contributed by atoms with E-state index in [1.807, 2.05) is 30.3 Å². The van der Waals surface area contributed by atoms with Crippen LogP contribution in [0.2, 0.25) is 0 Å². The molecule has 170 valence electrons. The quantitative estimate of drug-likeness (QED) is 0.261. The van der Waals surface area contributed by atoms with E-state index in [4.69, 9.17) is 0 Å². The molecule has 8 nitrogen and oxygen atoms in total. The van der Waals surface area contributed by atoms with Crippen molar-refractivity contribution in [1.29, 1.82) is 0 Å². The number of carbonyl (C=O) groups excluding carboxylic acids is 2. The summed E-state index contributed by atoms with van der Waals surface area (Å²) in [5.41, 5.74) is 4.21. The number of benzene rings is 2. The minimum Gasteiger partial charge on any atom is -0.360 e. The van der Waals surface area contributed by atoms with Crippen molar-refractivity contribution in [1.82, 2.24) is 16.0 Å². The average Bonchev–Trinajstić information content (AvgIpc) is 2.79. The van der Waals surface area contributed by atoms with E-state index in [9.17, 15) is 9.59 Å². The Morgan fingerprint density at radius 3 is 2.62 bits per heavy atom. The summed E-state index contributed by atoms with van der Waals surface area (Å²) in [5.74, 6) is 0.898. The number of amides is 2. The Kier molecular flexibility index (Phi) is 8.32. The lowest BCUT2D eigenvalue weighted by Gasteiger charge is -2.28. The second-order valence-corrected chi connectivity index (χ2v) is 7.78. The minimum absolute atomic E-state index is 0. The summed E-state index contributed by atoms with van der Waals surface area (Å²) in [4.78, 5) is 30.0. The second-order valence-electron chi connectivity index (χ2n) is 7.78. The van der Waals surface area contributed by atoms with Crippen molar-refractivity contribution < 1.29 is 9.59 Å². The zero-order valence-electron chi connectivity index (χ0n) is 18.1. The largest absolute Gasteiger partial charge is 0.360 e. The monoisotopic (exact) mass is 548 g/mol. The number of anilines is 2. The fourth-order valence-corrected chi connectivity index (χ4v) is 3.99. The molecule has 0 aromatic heterocycles. The van der Waals surface area contributed by atoms with Gasteiger partial charge in [0.15, 0.2) is 5.96 Å². The molecule has 1 atom stereocenters. The number of nitrogens with zero attached hydrogens (tertiary/aromatic N) is 2. The van der Waals surface area contributed by atoms with E-state index in [-0.39, 0.29) is 41.7 Å². The minimum atomic E-state index is 0. The van der Waals surface area contributed by atoms with Crippen LogP contribution in [0.15, 0.2) is 53.5 Å². The lowest BCUT2D eigenvalue weighted by molar-refractivity contribution is -0.120. The van der Waals surface area contributed by atoms with Crippen LogP contribution < -0.4 is 26.2 Å². The van der Waals surface area contributed by atoms with E-state index in [0.717, 1.165) is 29.0 Å². The van der Waals surface area contributed by atoms with Gasteiger partial charge in [-0.3, -0.25) is 14.6 Å². The van der Waals surface area contributed by atoms with Gasteiger partial charge in [0.25, 0.3) is 0 Å². The summed E-state index contributed by atoms with van der Waals surface area (Å²) in [6.07, 6.45) is 0.455. The molecule has 2 aromatic carbocycles. The summed E-state index contributed by atoms with van der Waals surface area (Å²) in [7, 11) is 1.74. The normalized spacial score (nSPS) is 18.1. The van der Waals surface area contributed by atoms with Gasteiger partial charge in [-0.05, 0) is 29.3 Å². The Morgan fingerprint density at radius 2 is 1.88 bits per heavy atom. The summed E-state index contributed by atoms with van der Waals surface area (Å²) in [5, 5.41) is 12.4. The number of halogens is 1. The highest BCUT2D eigenvalue weighted by molar-refractivity contribution is 14.0. The van der Waals surface area contributed by atoms with Crippen molar-refractivity contribution in [2.45, 2.75) is 18.9 Å². The van der Waals surface area contributed by atoms with Gasteiger partial charge in [-0.25, -0.2) is 0 Å². The van der Waals surface area contributed by atoms with Gasteiger partial charge in [-0.1, -0.05) is 30.3 Å². The number of guanidine groups is 1. The standard InChI is InChI=1S/C23H28N6O2.HI/c1-24-23(27-14-17-12-21(30)28-20-5-3-2-4-19(17)20)26-13-16-6-8-18(9-7-16)29-11-10-25-22(31)15-29;/h2-9,17H,10-15H2,1H3,(H,25,31)(H,28,30)(H2,24,26,27);1H. The smallest absolute Gasteiger partial charge is 0.239 e. The predicted octanol–water partition coefficient (Wildman–Crippen LogP) is 2.03. The molecule has 0 radical (unpaired) electrons. The molecule has 9 heteroatoms. The third-order valence-electron chi connectivity index (χ3n) is 5.65. The highest BCUT2D eigenvalue weighted by Gasteiger charge is 2.24. The van der Waals surface area contributed by atoms with E-state index in [0.29, 0.717) is 38.6 Å². The van der Waals surface area contributed by atoms with Crippen LogP contribution in [0.3, 0.4) is 0 Å². The molecule has 0 saturated carbocycles. The SMILES string of the molecule is CN=C(NCc1ccc(N2CCNC(=O)C2)cc1)NCC1CC(=O)Nc2ccccc21.I. The van der Waals surface area contributed by atoms with Crippen LogP contribution in [0.5, 0.6) is 0 Å². The first-order valence-electron chi connectivity index (χ1n) is 10.6. The number of piperazine rings is 1. The molecule has 2 aromatic rings. The molecule has 1 saturated heterocycles. The van der Waals surface area contributed by atoms with E-state index in [2.05, 4.69) is 49.4 Å². The van der Waals surface area contributed by atoms with Crippen LogP contribution in [-0.4, -0.2) is 51.0 Å². The molecule has 2 aliphatic heterocycles. The molecular weight excluding hydrogens is 519 g/mol. The number of para-hydroxylation sites is 1. The summed E-state index contributed by atoms with van der Waals surface area (Å²) in [6.45, 7) is 3.15. The maximum absolute atomic E-state index is 12.0. The van der Waals surface area contributed by atoms with Crippen molar-refractivity contribution >= 4 is 53.1 Å². The second kappa shape index (κ2) is 11.2. The van der Waals surface area contributed by atoms with Gasteiger partial charge in [0.1, 0.15) is 0 Å². The first kappa shape index (κ1) is 23.8. The van der Waals surface area contributed by atoms with Gasteiger partial charge in [0, 0.05) is 56.9 Å². The number of aliphatic imine (C=N–C) groups is 1. The number of rotatable bonds is 5. The van der Waals surface area contributed by atoms with Crippen LogP contribution in [-0.2, 0) is 16.1 Å². The van der Waals surface area contributed by atoms with E-state index in [1.165, 1.54) is 0 Å². The van der Waals surface area contributed by atoms with Crippen molar-refractivity contribution in [3.63, 3.8) is 0 Å². The molecule has 0 bridgehead atoms. The molecule has 0 spiro atoms. The number of hydrogen-bond acceptors (Lipinski definition) is 4.